The number of carbonyl (C=O) groups excluding carboxylic acids is 2. The first-order valence-electron chi connectivity index (χ1n) is 5.42. The Kier molecular flexibility index (Phi) is 4.76. The summed E-state index contributed by atoms with van der Waals surface area (Å²) < 4.78 is 0. The Hall–Kier alpha value is -2.48. The van der Waals surface area contributed by atoms with Crippen molar-refractivity contribution in [2.75, 3.05) is 11.9 Å². The highest BCUT2D eigenvalue weighted by molar-refractivity contribution is 5.93. The number of nitrogens with one attached hydrogen (secondary N) is 2. The van der Waals surface area contributed by atoms with Crippen LogP contribution in [0.1, 0.15) is 17.3 Å². The van der Waals surface area contributed by atoms with Gasteiger partial charge in [-0.1, -0.05) is 5.92 Å². The molecule has 0 fully saturated rings. The maximum absolute atomic E-state index is 11.5. The van der Waals surface area contributed by atoms with E-state index in [9.17, 15) is 9.59 Å². The van der Waals surface area contributed by atoms with Crippen molar-refractivity contribution in [3.63, 3.8) is 0 Å². The van der Waals surface area contributed by atoms with Crippen LogP contribution in [0.2, 0.25) is 0 Å². The minimum absolute atomic E-state index is 0.188. The van der Waals surface area contributed by atoms with Crippen LogP contribution >= 0.6 is 0 Å². The second kappa shape index (κ2) is 6.30. The zero-order valence-corrected chi connectivity index (χ0v) is 10.1. The molecule has 5 nitrogen and oxygen atoms in total. The van der Waals surface area contributed by atoms with Crippen LogP contribution in [0.4, 0.5) is 5.69 Å². The number of hydrogen-bond acceptors (Lipinski definition) is 3. The number of terminal acetylenes is 1. The number of amides is 2. The minimum atomic E-state index is -0.485. The Morgan fingerprint density at radius 1 is 1.39 bits per heavy atom. The average molecular weight is 245 g/mol. The van der Waals surface area contributed by atoms with Crippen molar-refractivity contribution in [3.8, 4) is 12.3 Å². The Morgan fingerprint density at radius 3 is 2.50 bits per heavy atom. The fourth-order valence-corrected chi connectivity index (χ4v) is 1.34. The number of nitrogens with two attached hydrogens (primary N) is 1. The summed E-state index contributed by atoms with van der Waals surface area (Å²) in [5, 5.41) is 5.55. The lowest BCUT2D eigenvalue weighted by molar-refractivity contribution is -0.121. The van der Waals surface area contributed by atoms with Gasteiger partial charge in [-0.2, -0.15) is 0 Å². The van der Waals surface area contributed by atoms with Gasteiger partial charge in [0.25, 0.3) is 0 Å². The van der Waals surface area contributed by atoms with E-state index in [2.05, 4.69) is 16.6 Å². The van der Waals surface area contributed by atoms with Crippen molar-refractivity contribution in [2.24, 2.45) is 5.73 Å². The number of rotatable bonds is 5. The molecule has 1 atom stereocenters. The third kappa shape index (κ3) is 3.83. The molecular weight excluding hydrogens is 230 g/mol. The van der Waals surface area contributed by atoms with E-state index in [-0.39, 0.29) is 12.5 Å². The van der Waals surface area contributed by atoms with E-state index in [1.54, 1.807) is 31.2 Å². The first-order chi connectivity index (χ1) is 8.54. The number of primary amides is 1. The molecule has 0 unspecified atom stereocenters. The van der Waals surface area contributed by atoms with Gasteiger partial charge in [-0.25, -0.2) is 0 Å². The van der Waals surface area contributed by atoms with Gasteiger partial charge >= 0.3 is 0 Å². The Balaban J connectivity index is 2.59. The largest absolute Gasteiger partial charge is 0.374 e. The van der Waals surface area contributed by atoms with Crippen molar-refractivity contribution < 1.29 is 9.59 Å². The smallest absolute Gasteiger partial charge is 0.248 e. The molecule has 0 bridgehead atoms. The molecule has 4 N–H and O–H groups in total. The summed E-state index contributed by atoms with van der Waals surface area (Å²) >= 11 is 0. The Morgan fingerprint density at radius 2 is 2.00 bits per heavy atom. The SMILES string of the molecule is C#CCNC(=O)[C@H](C)Nc1ccc(C(N)=O)cc1. The van der Waals surface area contributed by atoms with Gasteiger partial charge in [-0.15, -0.1) is 6.42 Å². The fraction of sp³-hybridized carbons (Fsp3) is 0.231. The molecule has 0 spiro atoms. The van der Waals surface area contributed by atoms with E-state index in [0.717, 1.165) is 5.69 Å². The Bertz CT molecular complexity index is 474. The molecule has 94 valence electrons. The molecule has 0 radical (unpaired) electrons. The average Bonchev–Trinajstić information content (AvgIpc) is 2.36. The number of anilines is 1. The van der Waals surface area contributed by atoms with Crippen LogP contribution in [-0.4, -0.2) is 24.4 Å². The van der Waals surface area contributed by atoms with Crippen molar-refractivity contribution in [1.82, 2.24) is 5.32 Å². The molecule has 0 heterocycles. The van der Waals surface area contributed by atoms with E-state index >= 15 is 0 Å². The van der Waals surface area contributed by atoms with Gasteiger partial charge in [-0.05, 0) is 31.2 Å². The summed E-state index contributed by atoms with van der Waals surface area (Å²) in [6.07, 6.45) is 5.05. The number of hydrogen-bond donors (Lipinski definition) is 3. The van der Waals surface area contributed by atoms with Crippen molar-refractivity contribution in [2.45, 2.75) is 13.0 Å². The van der Waals surface area contributed by atoms with Crippen molar-refractivity contribution >= 4 is 17.5 Å². The zero-order valence-electron chi connectivity index (χ0n) is 10.1. The lowest BCUT2D eigenvalue weighted by atomic mass is 10.2. The first-order valence-corrected chi connectivity index (χ1v) is 5.42. The topological polar surface area (TPSA) is 84.2 Å². The normalized spacial score (nSPS) is 11.1. The van der Waals surface area contributed by atoms with Crippen LogP contribution in [0.3, 0.4) is 0 Å². The molecule has 0 saturated carbocycles. The molecule has 0 aliphatic heterocycles. The van der Waals surface area contributed by atoms with Crippen molar-refractivity contribution in [3.05, 3.63) is 29.8 Å². The predicted molar refractivity (Wildman–Crippen MR) is 69.9 cm³/mol. The van der Waals surface area contributed by atoms with Gasteiger partial charge < -0.3 is 16.4 Å². The van der Waals surface area contributed by atoms with E-state index in [1.165, 1.54) is 0 Å². The van der Waals surface area contributed by atoms with E-state index < -0.39 is 11.9 Å². The molecule has 5 heteroatoms. The van der Waals surface area contributed by atoms with Crippen LogP contribution in [0.15, 0.2) is 24.3 Å². The van der Waals surface area contributed by atoms with Gasteiger partial charge in [0.1, 0.15) is 6.04 Å². The van der Waals surface area contributed by atoms with Crippen LogP contribution in [0.25, 0.3) is 0 Å². The standard InChI is InChI=1S/C13H15N3O2/c1-3-8-15-13(18)9(2)16-11-6-4-10(5-7-11)12(14)17/h1,4-7,9,16H,8H2,2H3,(H2,14,17)(H,15,18)/t9-/m0/s1. The molecule has 1 rings (SSSR count). The van der Waals surface area contributed by atoms with E-state index in [4.69, 9.17) is 12.2 Å². The first kappa shape index (κ1) is 13.6. The quantitative estimate of drug-likeness (QED) is 0.654. The highest BCUT2D eigenvalue weighted by Crippen LogP contribution is 2.10. The van der Waals surface area contributed by atoms with E-state index in [1.807, 2.05) is 0 Å². The molecule has 0 aromatic heterocycles. The molecule has 1 aromatic carbocycles. The van der Waals surface area contributed by atoms with Crippen LogP contribution < -0.4 is 16.4 Å². The van der Waals surface area contributed by atoms with Gasteiger partial charge in [0.2, 0.25) is 11.8 Å². The molecule has 1 aromatic rings. The summed E-state index contributed by atoms with van der Waals surface area (Å²) in [6, 6.07) is 6.14. The summed E-state index contributed by atoms with van der Waals surface area (Å²) in [7, 11) is 0. The maximum Gasteiger partial charge on any atom is 0.248 e. The Labute approximate surface area is 106 Å². The third-order valence-electron chi connectivity index (χ3n) is 2.31. The van der Waals surface area contributed by atoms with E-state index in [0.29, 0.717) is 5.56 Å². The van der Waals surface area contributed by atoms with Gasteiger partial charge in [0.05, 0.1) is 6.54 Å². The van der Waals surface area contributed by atoms with Crippen LogP contribution in [-0.2, 0) is 4.79 Å². The van der Waals surface area contributed by atoms with Gasteiger partial charge in [0.15, 0.2) is 0 Å². The molecule has 0 saturated heterocycles. The van der Waals surface area contributed by atoms with Gasteiger partial charge in [0, 0.05) is 11.3 Å². The number of carbonyl (C=O) groups is 2. The summed E-state index contributed by atoms with van der Waals surface area (Å²) in [5.74, 6) is 1.65. The van der Waals surface area contributed by atoms with Gasteiger partial charge in [-0.3, -0.25) is 9.59 Å². The second-order valence-electron chi connectivity index (χ2n) is 3.73. The maximum atomic E-state index is 11.5. The monoisotopic (exact) mass is 245 g/mol. The lowest BCUT2D eigenvalue weighted by Gasteiger charge is -2.14. The number of benzene rings is 1. The summed E-state index contributed by atoms with van der Waals surface area (Å²) in [4.78, 5) is 22.4. The minimum Gasteiger partial charge on any atom is -0.374 e. The highest BCUT2D eigenvalue weighted by Gasteiger charge is 2.11. The summed E-state index contributed by atoms with van der Waals surface area (Å²) in [6.45, 7) is 1.92. The predicted octanol–water partition coefficient (Wildman–Crippen LogP) is 0.335. The molecule has 18 heavy (non-hydrogen) atoms. The zero-order chi connectivity index (χ0) is 13.5. The summed E-state index contributed by atoms with van der Waals surface area (Å²) in [5.41, 5.74) is 6.27. The van der Waals surface area contributed by atoms with Crippen LogP contribution in [0, 0.1) is 12.3 Å². The molecular formula is C13H15N3O2. The molecule has 0 aliphatic carbocycles. The molecule has 2 amide bonds. The van der Waals surface area contributed by atoms with Crippen LogP contribution in [0.5, 0.6) is 0 Å². The highest BCUT2D eigenvalue weighted by atomic mass is 16.2. The third-order valence-corrected chi connectivity index (χ3v) is 2.31. The second-order valence-corrected chi connectivity index (χ2v) is 3.73. The van der Waals surface area contributed by atoms with Crippen molar-refractivity contribution in [1.29, 1.82) is 0 Å². The fourth-order valence-electron chi connectivity index (χ4n) is 1.34. The lowest BCUT2D eigenvalue weighted by Crippen LogP contribution is -2.37. The molecule has 0 aliphatic rings.